The quantitative estimate of drug-likeness (QED) is 0.327. The van der Waals surface area contributed by atoms with Gasteiger partial charge < -0.3 is 10.1 Å². The van der Waals surface area contributed by atoms with E-state index in [0.717, 1.165) is 45.8 Å². The minimum atomic E-state index is -0.129. The fourth-order valence-corrected chi connectivity index (χ4v) is 4.00. The lowest BCUT2D eigenvalue weighted by Gasteiger charge is -2.11. The monoisotopic (exact) mass is 459 g/mol. The number of ether oxygens (including phenoxy) is 1. The van der Waals surface area contributed by atoms with Gasteiger partial charge in [0.15, 0.2) is 0 Å². The van der Waals surface area contributed by atoms with Crippen LogP contribution >= 0.6 is 0 Å². The summed E-state index contributed by atoms with van der Waals surface area (Å²) in [6.45, 7) is 0.539. The second kappa shape index (κ2) is 10.2. The van der Waals surface area contributed by atoms with Gasteiger partial charge in [-0.2, -0.15) is 0 Å². The molecular formula is C30H25N3O2. The van der Waals surface area contributed by atoms with E-state index in [1.807, 2.05) is 97.1 Å². The number of carbonyl (C=O) groups excluding carboxylic acids is 1. The van der Waals surface area contributed by atoms with Crippen molar-refractivity contribution in [2.24, 2.45) is 0 Å². The molecule has 0 saturated heterocycles. The molecule has 1 N–H and O–H groups in total. The van der Waals surface area contributed by atoms with E-state index in [9.17, 15) is 4.79 Å². The Labute approximate surface area is 204 Å². The molecule has 0 atom stereocenters. The first-order valence-corrected chi connectivity index (χ1v) is 11.5. The fourth-order valence-electron chi connectivity index (χ4n) is 4.00. The minimum Gasteiger partial charge on any atom is -0.497 e. The van der Waals surface area contributed by atoms with Crippen LogP contribution in [-0.2, 0) is 6.42 Å². The van der Waals surface area contributed by atoms with Crippen molar-refractivity contribution in [3.63, 3.8) is 0 Å². The summed E-state index contributed by atoms with van der Waals surface area (Å²) in [6.07, 6.45) is 0.738. The molecule has 0 aliphatic carbocycles. The van der Waals surface area contributed by atoms with E-state index in [0.29, 0.717) is 17.6 Å². The van der Waals surface area contributed by atoms with E-state index in [1.54, 1.807) is 13.2 Å². The zero-order chi connectivity index (χ0) is 24.0. The van der Waals surface area contributed by atoms with Gasteiger partial charge in [0, 0.05) is 23.2 Å². The van der Waals surface area contributed by atoms with Gasteiger partial charge in [-0.3, -0.25) is 4.79 Å². The third kappa shape index (κ3) is 5.04. The lowest BCUT2D eigenvalue weighted by atomic mass is 10.0. The zero-order valence-corrected chi connectivity index (χ0v) is 19.4. The highest BCUT2D eigenvalue weighted by Crippen LogP contribution is 2.31. The minimum absolute atomic E-state index is 0.129. The first-order valence-electron chi connectivity index (χ1n) is 11.5. The molecule has 0 bridgehead atoms. The molecule has 1 aromatic heterocycles. The maximum absolute atomic E-state index is 12.8. The molecular weight excluding hydrogens is 434 g/mol. The maximum atomic E-state index is 12.8. The Balaban J connectivity index is 1.41. The van der Waals surface area contributed by atoms with Gasteiger partial charge in [0.25, 0.3) is 5.91 Å². The number of carbonyl (C=O) groups is 1. The maximum Gasteiger partial charge on any atom is 0.251 e. The molecule has 5 nitrogen and oxygen atoms in total. The SMILES string of the molecule is COc1ccc(CCNC(=O)c2ccc3nc(-c4ccccc4)c(-c4ccccc4)nc3c2)cc1. The van der Waals surface area contributed by atoms with Gasteiger partial charge in [-0.25, -0.2) is 9.97 Å². The van der Waals surface area contributed by atoms with Crippen LogP contribution in [0.1, 0.15) is 15.9 Å². The van der Waals surface area contributed by atoms with Crippen molar-refractivity contribution in [1.29, 1.82) is 0 Å². The first kappa shape index (κ1) is 22.3. The Morgan fingerprint density at radius 2 is 1.34 bits per heavy atom. The number of amides is 1. The van der Waals surface area contributed by atoms with Gasteiger partial charge in [0.05, 0.1) is 29.5 Å². The van der Waals surface area contributed by atoms with Crippen molar-refractivity contribution in [2.75, 3.05) is 13.7 Å². The molecule has 0 radical (unpaired) electrons. The first-order chi connectivity index (χ1) is 17.2. The van der Waals surface area contributed by atoms with Crippen LogP contribution in [0, 0.1) is 0 Å². The highest BCUT2D eigenvalue weighted by molar-refractivity contribution is 5.98. The topological polar surface area (TPSA) is 64.1 Å². The smallest absolute Gasteiger partial charge is 0.251 e. The van der Waals surface area contributed by atoms with E-state index in [2.05, 4.69) is 5.32 Å². The van der Waals surface area contributed by atoms with Crippen LogP contribution in [0.15, 0.2) is 103 Å². The van der Waals surface area contributed by atoms with Crippen LogP contribution in [0.3, 0.4) is 0 Å². The molecule has 5 heteroatoms. The molecule has 4 aromatic carbocycles. The third-order valence-electron chi connectivity index (χ3n) is 5.88. The third-order valence-corrected chi connectivity index (χ3v) is 5.88. The van der Waals surface area contributed by atoms with Gasteiger partial charge in [-0.05, 0) is 42.3 Å². The van der Waals surface area contributed by atoms with Gasteiger partial charge in [-0.1, -0.05) is 72.8 Å². The zero-order valence-electron chi connectivity index (χ0n) is 19.4. The molecule has 35 heavy (non-hydrogen) atoms. The van der Waals surface area contributed by atoms with Gasteiger partial charge >= 0.3 is 0 Å². The summed E-state index contributed by atoms with van der Waals surface area (Å²) in [5.74, 6) is 0.691. The predicted octanol–water partition coefficient (Wildman–Crippen LogP) is 5.94. The predicted molar refractivity (Wildman–Crippen MR) is 139 cm³/mol. The standard InChI is InChI=1S/C30H25N3O2/c1-35-25-15-12-21(13-16-25)18-19-31-30(34)24-14-17-26-27(20-24)33-29(23-10-6-3-7-11-23)28(32-26)22-8-4-2-5-9-22/h2-17,20H,18-19H2,1H3,(H,31,34). The van der Waals surface area contributed by atoms with E-state index in [-0.39, 0.29) is 5.91 Å². The second-order valence-corrected chi connectivity index (χ2v) is 8.21. The number of hydrogen-bond donors (Lipinski definition) is 1. The van der Waals surface area contributed by atoms with Crippen molar-refractivity contribution in [3.8, 4) is 28.3 Å². The number of nitrogens with one attached hydrogen (secondary N) is 1. The number of benzene rings is 4. The van der Waals surface area contributed by atoms with Crippen molar-refractivity contribution in [3.05, 3.63) is 114 Å². The summed E-state index contributed by atoms with van der Waals surface area (Å²) in [5.41, 5.74) is 6.73. The highest BCUT2D eigenvalue weighted by atomic mass is 16.5. The van der Waals surface area contributed by atoms with Gasteiger partial charge in [0.2, 0.25) is 0 Å². The number of fused-ring (bicyclic) bond motifs is 1. The molecule has 0 fully saturated rings. The Morgan fingerprint density at radius 1 is 0.743 bits per heavy atom. The van der Waals surface area contributed by atoms with Crippen LogP contribution in [0.2, 0.25) is 0 Å². The fraction of sp³-hybridized carbons (Fsp3) is 0.100. The van der Waals surface area contributed by atoms with E-state index >= 15 is 0 Å². The number of methoxy groups -OCH3 is 1. The van der Waals surface area contributed by atoms with Crippen LogP contribution in [-0.4, -0.2) is 29.5 Å². The average Bonchev–Trinajstić information content (AvgIpc) is 2.93. The second-order valence-electron chi connectivity index (χ2n) is 8.21. The molecule has 0 unspecified atom stereocenters. The van der Waals surface area contributed by atoms with E-state index in [1.165, 1.54) is 0 Å². The van der Waals surface area contributed by atoms with E-state index in [4.69, 9.17) is 14.7 Å². The van der Waals surface area contributed by atoms with Crippen molar-refractivity contribution in [1.82, 2.24) is 15.3 Å². The molecule has 0 aliphatic heterocycles. The van der Waals surface area contributed by atoms with Gasteiger partial charge in [-0.15, -0.1) is 0 Å². The highest BCUT2D eigenvalue weighted by Gasteiger charge is 2.14. The largest absolute Gasteiger partial charge is 0.497 e. The van der Waals surface area contributed by atoms with Crippen LogP contribution < -0.4 is 10.1 Å². The molecule has 1 amide bonds. The summed E-state index contributed by atoms with van der Waals surface area (Å²) >= 11 is 0. The lowest BCUT2D eigenvalue weighted by Crippen LogP contribution is -2.25. The number of rotatable bonds is 7. The summed E-state index contributed by atoms with van der Waals surface area (Å²) in [7, 11) is 1.65. The van der Waals surface area contributed by atoms with Crippen molar-refractivity contribution >= 4 is 16.9 Å². The number of aromatic nitrogens is 2. The summed E-state index contributed by atoms with van der Waals surface area (Å²) in [5, 5.41) is 3.01. The summed E-state index contributed by atoms with van der Waals surface area (Å²) < 4.78 is 5.19. The van der Waals surface area contributed by atoms with Gasteiger partial charge in [0.1, 0.15) is 5.75 Å². The average molecular weight is 460 g/mol. The van der Waals surface area contributed by atoms with E-state index < -0.39 is 0 Å². The molecule has 0 spiro atoms. The van der Waals surface area contributed by atoms with Crippen molar-refractivity contribution in [2.45, 2.75) is 6.42 Å². The number of hydrogen-bond acceptors (Lipinski definition) is 4. The van der Waals surface area contributed by atoms with Crippen LogP contribution in [0.4, 0.5) is 0 Å². The van der Waals surface area contributed by atoms with Crippen LogP contribution in [0.5, 0.6) is 5.75 Å². The lowest BCUT2D eigenvalue weighted by molar-refractivity contribution is 0.0954. The Kier molecular flexibility index (Phi) is 6.48. The molecule has 5 rings (SSSR count). The Morgan fingerprint density at radius 3 is 1.94 bits per heavy atom. The molecule has 172 valence electrons. The molecule has 0 saturated carbocycles. The molecule has 1 heterocycles. The Hall–Kier alpha value is -4.51. The molecule has 5 aromatic rings. The van der Waals surface area contributed by atoms with Crippen molar-refractivity contribution < 1.29 is 9.53 Å². The normalized spacial score (nSPS) is 10.8. The van der Waals surface area contributed by atoms with Crippen LogP contribution in [0.25, 0.3) is 33.5 Å². The number of nitrogens with zero attached hydrogens (tertiary/aromatic N) is 2. The summed E-state index contributed by atoms with van der Waals surface area (Å²) in [6, 6.07) is 33.4. The summed E-state index contributed by atoms with van der Waals surface area (Å²) in [4.78, 5) is 22.7. The molecule has 0 aliphatic rings. The Bertz CT molecular complexity index is 1450.